The van der Waals surface area contributed by atoms with Gasteiger partial charge in [0.15, 0.2) is 0 Å². The van der Waals surface area contributed by atoms with Crippen molar-refractivity contribution in [3.63, 3.8) is 0 Å². The van der Waals surface area contributed by atoms with Crippen LogP contribution in [0.4, 0.5) is 0 Å². The zero-order valence-corrected chi connectivity index (χ0v) is 15.7. The number of aliphatic hydroxyl groups is 1. The Kier molecular flexibility index (Phi) is 6.61. The molecule has 0 spiro atoms. The van der Waals surface area contributed by atoms with E-state index in [1.165, 1.54) is 11.1 Å². The van der Waals surface area contributed by atoms with Gasteiger partial charge in [0.1, 0.15) is 6.04 Å². The highest BCUT2D eigenvalue weighted by Gasteiger charge is 2.36. The first-order valence-electron chi connectivity index (χ1n) is 9.59. The molecule has 1 aliphatic rings. The molecule has 2 aromatic rings. The molecule has 27 heavy (non-hydrogen) atoms. The molecule has 5 nitrogen and oxygen atoms in total. The van der Waals surface area contributed by atoms with Crippen LogP contribution in [0.25, 0.3) is 0 Å². The summed E-state index contributed by atoms with van der Waals surface area (Å²) in [7, 11) is 0. The number of amides is 1. The van der Waals surface area contributed by atoms with Crippen LogP contribution in [0.5, 0.6) is 0 Å². The van der Waals surface area contributed by atoms with Crippen molar-refractivity contribution in [2.75, 3.05) is 26.2 Å². The summed E-state index contributed by atoms with van der Waals surface area (Å²) in [6.07, 6.45) is 1.94. The topological polar surface area (TPSA) is 78.6 Å². The predicted molar refractivity (Wildman–Crippen MR) is 107 cm³/mol. The van der Waals surface area contributed by atoms with E-state index in [2.05, 4.69) is 58.7 Å². The summed E-state index contributed by atoms with van der Waals surface area (Å²) in [6.45, 7) is 3.11. The van der Waals surface area contributed by atoms with Gasteiger partial charge in [-0.05, 0) is 37.1 Å². The number of carbonyl (C=O) groups excluding carboxylic acids is 1. The monoisotopic (exact) mass is 367 g/mol. The van der Waals surface area contributed by atoms with Crippen molar-refractivity contribution in [3.05, 3.63) is 71.8 Å². The number of carbonyl (C=O) groups is 1. The molecule has 5 heteroatoms. The van der Waals surface area contributed by atoms with Gasteiger partial charge < -0.3 is 16.2 Å². The van der Waals surface area contributed by atoms with E-state index < -0.39 is 6.04 Å². The Labute approximate surface area is 161 Å². The average molecular weight is 367 g/mol. The summed E-state index contributed by atoms with van der Waals surface area (Å²) < 4.78 is 0. The van der Waals surface area contributed by atoms with Gasteiger partial charge in [0.05, 0.1) is 6.61 Å². The second kappa shape index (κ2) is 9.13. The molecule has 0 aliphatic carbocycles. The van der Waals surface area contributed by atoms with Gasteiger partial charge >= 0.3 is 0 Å². The smallest absolute Gasteiger partial charge is 0.239 e. The van der Waals surface area contributed by atoms with E-state index >= 15 is 0 Å². The lowest BCUT2D eigenvalue weighted by molar-refractivity contribution is -0.123. The third kappa shape index (κ3) is 4.95. The lowest BCUT2D eigenvalue weighted by Crippen LogP contribution is -2.52. The fourth-order valence-corrected chi connectivity index (χ4v) is 3.81. The number of nitrogens with zero attached hydrogens (tertiary/aromatic N) is 1. The van der Waals surface area contributed by atoms with Gasteiger partial charge in [-0.3, -0.25) is 9.69 Å². The average Bonchev–Trinajstić information content (AvgIpc) is 2.74. The Balaban J connectivity index is 1.68. The third-order valence-electron chi connectivity index (χ3n) is 5.58. The minimum atomic E-state index is -0.865. The van der Waals surface area contributed by atoms with Crippen LogP contribution in [0.2, 0.25) is 0 Å². The number of nitrogens with one attached hydrogen (secondary N) is 1. The molecule has 1 atom stereocenters. The predicted octanol–water partition coefficient (Wildman–Crippen LogP) is 1.66. The fraction of sp³-hybridized carbons (Fsp3) is 0.409. The lowest BCUT2D eigenvalue weighted by Gasteiger charge is -2.42. The molecule has 2 aromatic carbocycles. The summed E-state index contributed by atoms with van der Waals surface area (Å²) in [5, 5.41) is 12.1. The van der Waals surface area contributed by atoms with Crippen LogP contribution in [0.15, 0.2) is 60.7 Å². The molecule has 0 bridgehead atoms. The normalized spacial score (nSPS) is 18.0. The van der Waals surface area contributed by atoms with E-state index in [4.69, 9.17) is 10.8 Å². The van der Waals surface area contributed by atoms with Crippen molar-refractivity contribution >= 4 is 5.91 Å². The highest BCUT2D eigenvalue weighted by molar-refractivity contribution is 5.81. The summed E-state index contributed by atoms with van der Waals surface area (Å²) in [6, 6.07) is 20.1. The van der Waals surface area contributed by atoms with Gasteiger partial charge in [-0.1, -0.05) is 60.7 Å². The van der Waals surface area contributed by atoms with Crippen molar-refractivity contribution in [1.82, 2.24) is 10.2 Å². The number of benzene rings is 2. The number of rotatable bonds is 7. The Hall–Kier alpha value is -2.21. The second-order valence-corrected chi connectivity index (χ2v) is 7.41. The number of hydrogen-bond donors (Lipinski definition) is 3. The second-order valence-electron chi connectivity index (χ2n) is 7.41. The molecule has 1 amide bonds. The van der Waals surface area contributed by atoms with Gasteiger partial charge in [-0.2, -0.15) is 0 Å². The van der Waals surface area contributed by atoms with Gasteiger partial charge in [-0.15, -0.1) is 0 Å². The first-order valence-corrected chi connectivity index (χ1v) is 9.59. The van der Waals surface area contributed by atoms with E-state index in [0.717, 1.165) is 32.5 Å². The van der Waals surface area contributed by atoms with Crippen LogP contribution in [0.3, 0.4) is 0 Å². The van der Waals surface area contributed by atoms with Crippen LogP contribution in [0, 0.1) is 0 Å². The fourth-order valence-electron chi connectivity index (χ4n) is 3.81. The summed E-state index contributed by atoms with van der Waals surface area (Å²) >= 11 is 0. The van der Waals surface area contributed by atoms with Crippen LogP contribution in [-0.2, 0) is 16.8 Å². The lowest BCUT2D eigenvalue weighted by atomic mass is 9.72. The maximum absolute atomic E-state index is 12.1. The van der Waals surface area contributed by atoms with Crippen molar-refractivity contribution in [2.24, 2.45) is 5.73 Å². The van der Waals surface area contributed by atoms with Crippen molar-refractivity contribution in [3.8, 4) is 0 Å². The number of nitrogens with two attached hydrogens (primary N) is 1. The number of piperidine rings is 1. The van der Waals surface area contributed by atoms with Crippen molar-refractivity contribution < 1.29 is 9.90 Å². The Morgan fingerprint density at radius 2 is 1.67 bits per heavy atom. The maximum atomic E-state index is 12.1. The summed E-state index contributed by atoms with van der Waals surface area (Å²) in [5.41, 5.74) is 8.13. The van der Waals surface area contributed by atoms with E-state index in [1.54, 1.807) is 0 Å². The van der Waals surface area contributed by atoms with Gasteiger partial charge in [0.2, 0.25) is 5.91 Å². The van der Waals surface area contributed by atoms with E-state index in [-0.39, 0.29) is 17.9 Å². The molecule has 144 valence electrons. The first-order chi connectivity index (χ1) is 13.1. The summed E-state index contributed by atoms with van der Waals surface area (Å²) in [4.78, 5) is 14.6. The molecule has 0 unspecified atom stereocenters. The molecule has 1 aliphatic heterocycles. The van der Waals surface area contributed by atoms with Crippen LogP contribution < -0.4 is 11.1 Å². The number of aliphatic hydroxyl groups excluding tert-OH is 1. The Morgan fingerprint density at radius 1 is 1.07 bits per heavy atom. The molecule has 1 fully saturated rings. The quantitative estimate of drug-likeness (QED) is 0.695. The Morgan fingerprint density at radius 3 is 2.26 bits per heavy atom. The largest absolute Gasteiger partial charge is 0.394 e. The number of likely N-dealkylation sites (tertiary alicyclic amines) is 1. The SMILES string of the molecule is N[C@@H](CO)C(=O)NCC1(c2ccccc2)CCN(Cc2ccccc2)CC1. The van der Waals surface area contributed by atoms with Crippen molar-refractivity contribution in [1.29, 1.82) is 0 Å². The molecule has 1 saturated heterocycles. The molecule has 0 saturated carbocycles. The Bertz CT molecular complexity index is 713. The molecular weight excluding hydrogens is 338 g/mol. The van der Waals surface area contributed by atoms with E-state index in [9.17, 15) is 4.79 Å². The van der Waals surface area contributed by atoms with Gasteiger partial charge in [0, 0.05) is 18.5 Å². The molecule has 1 heterocycles. The van der Waals surface area contributed by atoms with E-state index in [0.29, 0.717) is 6.54 Å². The molecular formula is C22H29N3O2. The molecule has 0 aromatic heterocycles. The van der Waals surface area contributed by atoms with E-state index in [1.807, 2.05) is 12.1 Å². The standard InChI is InChI=1S/C22H29N3O2/c23-20(16-26)21(27)24-17-22(19-9-5-2-6-10-19)11-13-25(14-12-22)15-18-7-3-1-4-8-18/h1-10,20,26H,11-17,23H2,(H,24,27)/t20-/m0/s1. The summed E-state index contributed by atoms with van der Waals surface area (Å²) in [5.74, 6) is -0.292. The van der Waals surface area contributed by atoms with Gasteiger partial charge in [-0.25, -0.2) is 0 Å². The highest BCUT2D eigenvalue weighted by atomic mass is 16.3. The minimum absolute atomic E-state index is 0.0979. The van der Waals surface area contributed by atoms with Crippen LogP contribution in [-0.4, -0.2) is 48.2 Å². The number of hydrogen-bond acceptors (Lipinski definition) is 4. The van der Waals surface area contributed by atoms with Crippen molar-refractivity contribution in [2.45, 2.75) is 30.8 Å². The minimum Gasteiger partial charge on any atom is -0.394 e. The third-order valence-corrected chi connectivity index (χ3v) is 5.58. The van der Waals surface area contributed by atoms with Crippen LogP contribution >= 0.6 is 0 Å². The molecule has 0 radical (unpaired) electrons. The van der Waals surface area contributed by atoms with Gasteiger partial charge in [0.25, 0.3) is 0 Å². The first kappa shape index (κ1) is 19.5. The zero-order chi connectivity index (χ0) is 19.1. The molecule has 3 rings (SSSR count). The maximum Gasteiger partial charge on any atom is 0.239 e. The van der Waals surface area contributed by atoms with Crippen LogP contribution in [0.1, 0.15) is 24.0 Å². The highest BCUT2D eigenvalue weighted by Crippen LogP contribution is 2.35. The zero-order valence-electron chi connectivity index (χ0n) is 15.7. The molecule has 4 N–H and O–H groups in total.